The van der Waals surface area contributed by atoms with Gasteiger partial charge in [-0.15, -0.1) is 0 Å². The summed E-state index contributed by atoms with van der Waals surface area (Å²) in [6, 6.07) is 18.4. The molecule has 0 saturated carbocycles. The van der Waals surface area contributed by atoms with Crippen molar-refractivity contribution in [3.05, 3.63) is 71.3 Å². The highest BCUT2D eigenvalue weighted by Crippen LogP contribution is 2.01. The molecule has 0 aliphatic rings. The number of nitriles is 1. The van der Waals surface area contributed by atoms with Crippen LogP contribution in [0.3, 0.4) is 0 Å². The Labute approximate surface area is 129 Å². The molecule has 2 rings (SSSR count). The molecule has 0 fully saturated rings. The number of ether oxygens (including phenoxy) is 1. The number of carbonyl (C=O) groups is 1. The number of alkyl carbamates (subject to hydrolysis) is 1. The van der Waals surface area contributed by atoms with E-state index in [2.05, 4.69) is 17.2 Å². The third-order valence-corrected chi connectivity index (χ3v) is 2.78. The minimum Gasteiger partial charge on any atom is -0.445 e. The zero-order valence-electron chi connectivity index (χ0n) is 11.9. The fourth-order valence-corrected chi connectivity index (χ4v) is 1.66. The van der Waals surface area contributed by atoms with Crippen molar-refractivity contribution in [3.63, 3.8) is 0 Å². The summed E-state index contributed by atoms with van der Waals surface area (Å²) in [4.78, 5) is 11.5. The normalized spacial score (nSPS) is 9.05. The maximum atomic E-state index is 11.5. The Morgan fingerprint density at radius 1 is 1.05 bits per heavy atom. The van der Waals surface area contributed by atoms with Crippen LogP contribution in [0, 0.1) is 23.2 Å². The topological polar surface area (TPSA) is 62.1 Å². The summed E-state index contributed by atoms with van der Waals surface area (Å²) in [5.41, 5.74) is 2.31. The van der Waals surface area contributed by atoms with Crippen molar-refractivity contribution in [1.82, 2.24) is 5.32 Å². The van der Waals surface area contributed by atoms with Gasteiger partial charge in [-0.3, -0.25) is 0 Å². The predicted molar refractivity (Wildman–Crippen MR) is 82.7 cm³/mol. The first-order chi connectivity index (χ1) is 10.8. The van der Waals surface area contributed by atoms with E-state index in [-0.39, 0.29) is 13.2 Å². The van der Waals surface area contributed by atoms with Gasteiger partial charge in [0, 0.05) is 5.56 Å². The van der Waals surface area contributed by atoms with Gasteiger partial charge in [-0.25, -0.2) is 4.79 Å². The lowest BCUT2D eigenvalue weighted by Crippen LogP contribution is -2.24. The van der Waals surface area contributed by atoms with Crippen molar-refractivity contribution in [3.8, 4) is 17.9 Å². The Kier molecular flexibility index (Phi) is 5.61. The second kappa shape index (κ2) is 8.14. The predicted octanol–water partition coefficient (Wildman–Crippen LogP) is 2.84. The third kappa shape index (κ3) is 5.03. The van der Waals surface area contributed by atoms with Crippen LogP contribution in [0.15, 0.2) is 54.6 Å². The van der Waals surface area contributed by atoms with Gasteiger partial charge in [-0.05, 0) is 29.8 Å². The molecule has 2 aromatic rings. The molecule has 0 radical (unpaired) electrons. The van der Waals surface area contributed by atoms with Gasteiger partial charge in [-0.1, -0.05) is 42.2 Å². The summed E-state index contributed by atoms with van der Waals surface area (Å²) < 4.78 is 5.06. The van der Waals surface area contributed by atoms with Crippen LogP contribution in [0.4, 0.5) is 4.79 Å². The minimum absolute atomic E-state index is 0.202. The van der Waals surface area contributed by atoms with Crippen molar-refractivity contribution < 1.29 is 9.53 Å². The Morgan fingerprint density at radius 3 is 2.41 bits per heavy atom. The van der Waals surface area contributed by atoms with Crippen LogP contribution in [-0.2, 0) is 11.3 Å². The third-order valence-electron chi connectivity index (χ3n) is 2.78. The number of amides is 1. The fourth-order valence-electron chi connectivity index (χ4n) is 1.66. The van der Waals surface area contributed by atoms with Crippen LogP contribution in [0.25, 0.3) is 0 Å². The number of hydrogen-bond acceptors (Lipinski definition) is 3. The van der Waals surface area contributed by atoms with Crippen LogP contribution in [-0.4, -0.2) is 12.6 Å². The lowest BCUT2D eigenvalue weighted by Gasteiger charge is -2.04. The minimum atomic E-state index is -0.502. The first kappa shape index (κ1) is 15.2. The van der Waals surface area contributed by atoms with Gasteiger partial charge in [0.2, 0.25) is 0 Å². The van der Waals surface area contributed by atoms with E-state index in [9.17, 15) is 4.79 Å². The molecule has 0 spiro atoms. The zero-order chi connectivity index (χ0) is 15.6. The van der Waals surface area contributed by atoms with Crippen LogP contribution >= 0.6 is 0 Å². The highest BCUT2D eigenvalue weighted by Gasteiger charge is 2.00. The lowest BCUT2D eigenvalue weighted by atomic mass is 10.1. The molecule has 0 saturated heterocycles. The van der Waals surface area contributed by atoms with E-state index in [1.54, 1.807) is 24.3 Å². The van der Waals surface area contributed by atoms with E-state index in [4.69, 9.17) is 10.00 Å². The second-order valence-corrected chi connectivity index (χ2v) is 4.41. The van der Waals surface area contributed by atoms with Gasteiger partial charge in [0.05, 0.1) is 18.2 Å². The second-order valence-electron chi connectivity index (χ2n) is 4.41. The molecule has 1 amide bonds. The van der Waals surface area contributed by atoms with E-state index < -0.39 is 6.09 Å². The number of benzene rings is 2. The van der Waals surface area contributed by atoms with Crippen molar-refractivity contribution in [2.24, 2.45) is 0 Å². The van der Waals surface area contributed by atoms with Gasteiger partial charge in [0.1, 0.15) is 6.61 Å². The Hall–Kier alpha value is -3.24. The molecular formula is C18H14N2O2. The van der Waals surface area contributed by atoms with Crippen molar-refractivity contribution in [2.75, 3.05) is 6.54 Å². The molecule has 0 aliphatic carbocycles. The number of rotatable bonds is 3. The quantitative estimate of drug-likeness (QED) is 0.884. The van der Waals surface area contributed by atoms with Gasteiger partial charge < -0.3 is 10.1 Å². The monoisotopic (exact) mass is 290 g/mol. The standard InChI is InChI=1S/C18H14N2O2/c19-13-16-10-8-15(9-11-16)7-4-12-20-18(21)22-14-17-5-2-1-3-6-17/h1-3,5-6,8-11H,12,14H2,(H,20,21). The zero-order valence-corrected chi connectivity index (χ0v) is 11.9. The largest absolute Gasteiger partial charge is 0.445 e. The van der Waals surface area contributed by atoms with E-state index in [0.29, 0.717) is 5.56 Å². The van der Waals surface area contributed by atoms with Crippen LogP contribution < -0.4 is 5.32 Å². The highest BCUT2D eigenvalue weighted by molar-refractivity contribution is 5.67. The van der Waals surface area contributed by atoms with Crippen LogP contribution in [0.2, 0.25) is 0 Å². The molecule has 4 heteroatoms. The number of nitrogens with zero attached hydrogens (tertiary/aromatic N) is 1. The summed E-state index contributed by atoms with van der Waals surface area (Å²) in [5, 5.41) is 11.2. The Balaban J connectivity index is 1.73. The summed E-state index contributed by atoms with van der Waals surface area (Å²) in [5.74, 6) is 5.72. The van der Waals surface area contributed by atoms with Gasteiger partial charge in [0.15, 0.2) is 0 Å². The maximum Gasteiger partial charge on any atom is 0.408 e. The summed E-state index contributed by atoms with van der Waals surface area (Å²) in [6.07, 6.45) is -0.502. The van der Waals surface area contributed by atoms with Gasteiger partial charge in [0.25, 0.3) is 0 Å². The van der Waals surface area contributed by atoms with Gasteiger partial charge >= 0.3 is 6.09 Å². The maximum absolute atomic E-state index is 11.5. The molecule has 0 bridgehead atoms. The summed E-state index contributed by atoms with van der Waals surface area (Å²) >= 11 is 0. The molecule has 22 heavy (non-hydrogen) atoms. The van der Waals surface area contributed by atoms with E-state index in [1.165, 1.54) is 0 Å². The van der Waals surface area contributed by atoms with E-state index in [1.807, 2.05) is 36.4 Å². The SMILES string of the molecule is N#Cc1ccc(C#CCNC(=O)OCc2ccccc2)cc1. The number of hydrogen-bond donors (Lipinski definition) is 1. The average Bonchev–Trinajstić information content (AvgIpc) is 2.58. The van der Waals surface area contributed by atoms with Crippen molar-refractivity contribution >= 4 is 6.09 Å². The lowest BCUT2D eigenvalue weighted by molar-refractivity contribution is 0.141. The highest BCUT2D eigenvalue weighted by atomic mass is 16.5. The molecule has 0 atom stereocenters. The first-order valence-electron chi connectivity index (χ1n) is 6.71. The van der Waals surface area contributed by atoms with Crippen molar-refractivity contribution in [1.29, 1.82) is 5.26 Å². The molecule has 2 aromatic carbocycles. The Morgan fingerprint density at radius 2 is 1.73 bits per heavy atom. The van der Waals surface area contributed by atoms with Crippen LogP contribution in [0.5, 0.6) is 0 Å². The molecule has 4 nitrogen and oxygen atoms in total. The molecular weight excluding hydrogens is 276 g/mol. The summed E-state index contributed by atoms with van der Waals surface area (Å²) in [6.45, 7) is 0.434. The van der Waals surface area contributed by atoms with E-state index >= 15 is 0 Å². The Bertz CT molecular complexity index is 720. The fraction of sp³-hybridized carbons (Fsp3) is 0.111. The molecule has 0 aliphatic heterocycles. The van der Waals surface area contributed by atoms with Crippen LogP contribution in [0.1, 0.15) is 16.7 Å². The van der Waals surface area contributed by atoms with Crippen molar-refractivity contribution in [2.45, 2.75) is 6.61 Å². The molecule has 0 heterocycles. The van der Waals surface area contributed by atoms with Gasteiger partial charge in [-0.2, -0.15) is 5.26 Å². The smallest absolute Gasteiger partial charge is 0.408 e. The molecule has 0 unspecified atom stereocenters. The molecule has 0 aromatic heterocycles. The average molecular weight is 290 g/mol. The number of nitrogens with one attached hydrogen (secondary N) is 1. The first-order valence-corrected chi connectivity index (χ1v) is 6.71. The summed E-state index contributed by atoms with van der Waals surface area (Å²) in [7, 11) is 0. The molecule has 108 valence electrons. The molecule has 1 N–H and O–H groups in total. The number of carbonyl (C=O) groups excluding carboxylic acids is 1. The van der Waals surface area contributed by atoms with E-state index in [0.717, 1.165) is 11.1 Å².